The Morgan fingerprint density at radius 2 is 1.74 bits per heavy atom. The maximum atomic E-state index is 11.2. The molecule has 0 spiro atoms. The predicted molar refractivity (Wildman–Crippen MR) is 92.2 cm³/mol. The van der Waals surface area contributed by atoms with E-state index >= 15 is 0 Å². The van der Waals surface area contributed by atoms with Gasteiger partial charge in [0.2, 0.25) is 5.56 Å². The van der Waals surface area contributed by atoms with Gasteiger partial charge in [-0.05, 0) is 6.07 Å². The smallest absolute Gasteiger partial charge is 0.248 e. The van der Waals surface area contributed by atoms with Crippen LogP contribution in [0.15, 0.2) is 35.5 Å². The first-order valence-corrected chi connectivity index (χ1v) is 7.95. The molecule has 122 valence electrons. The number of nitrogens with zero attached hydrogens (tertiary/aromatic N) is 4. The van der Waals surface area contributed by atoms with Gasteiger partial charge in [0.05, 0.1) is 11.4 Å². The molecule has 0 radical (unpaired) electrons. The lowest BCUT2D eigenvalue weighted by atomic mass is 9.92. The number of aromatic nitrogens is 3. The highest BCUT2D eigenvalue weighted by molar-refractivity contribution is 5.48. The normalized spacial score (nSPS) is 15.8. The molecule has 0 saturated carbocycles. The van der Waals surface area contributed by atoms with Crippen LogP contribution in [0, 0.1) is 0 Å². The van der Waals surface area contributed by atoms with Gasteiger partial charge in [-0.2, -0.15) is 0 Å². The molecule has 6 nitrogen and oxygen atoms in total. The first-order chi connectivity index (χ1) is 10.9. The van der Waals surface area contributed by atoms with Gasteiger partial charge in [-0.1, -0.05) is 20.8 Å². The molecule has 3 rings (SSSR count). The van der Waals surface area contributed by atoms with Crippen molar-refractivity contribution in [3.8, 4) is 0 Å². The van der Waals surface area contributed by atoms with Gasteiger partial charge < -0.3 is 14.8 Å². The van der Waals surface area contributed by atoms with Crippen molar-refractivity contribution in [3.63, 3.8) is 0 Å². The number of anilines is 2. The molecule has 23 heavy (non-hydrogen) atoms. The van der Waals surface area contributed by atoms with E-state index in [1.54, 1.807) is 18.6 Å². The third-order valence-corrected chi connectivity index (χ3v) is 4.16. The molecule has 1 saturated heterocycles. The Hall–Kier alpha value is -2.37. The molecule has 0 aromatic carbocycles. The number of piperazine rings is 1. The van der Waals surface area contributed by atoms with Gasteiger partial charge in [-0.3, -0.25) is 4.79 Å². The standard InChI is InChI=1S/C17H23N5O/c1-17(2,3)14-10-15(20-12-19-14)22-8-6-21(7-9-22)13-4-5-16(23)18-11-13/h4-5,10-12H,6-9H2,1-3H3,(H,18,23). The zero-order chi connectivity index (χ0) is 16.4. The van der Waals surface area contributed by atoms with E-state index in [2.05, 4.69) is 51.6 Å². The van der Waals surface area contributed by atoms with Crippen molar-refractivity contribution in [1.82, 2.24) is 15.0 Å². The molecule has 1 aliphatic rings. The highest BCUT2D eigenvalue weighted by Gasteiger charge is 2.21. The van der Waals surface area contributed by atoms with E-state index in [1.807, 2.05) is 6.07 Å². The van der Waals surface area contributed by atoms with E-state index in [-0.39, 0.29) is 11.0 Å². The monoisotopic (exact) mass is 313 g/mol. The summed E-state index contributed by atoms with van der Waals surface area (Å²) in [5.41, 5.74) is 2.08. The van der Waals surface area contributed by atoms with Gasteiger partial charge in [0.25, 0.3) is 0 Å². The molecule has 3 heterocycles. The van der Waals surface area contributed by atoms with E-state index in [0.717, 1.165) is 43.4 Å². The van der Waals surface area contributed by atoms with Crippen LogP contribution < -0.4 is 15.4 Å². The summed E-state index contributed by atoms with van der Waals surface area (Å²) in [5.74, 6) is 0.992. The molecule has 0 atom stereocenters. The van der Waals surface area contributed by atoms with Crippen molar-refractivity contribution in [1.29, 1.82) is 0 Å². The van der Waals surface area contributed by atoms with E-state index in [4.69, 9.17) is 0 Å². The van der Waals surface area contributed by atoms with E-state index in [9.17, 15) is 4.79 Å². The van der Waals surface area contributed by atoms with E-state index < -0.39 is 0 Å². The number of hydrogen-bond acceptors (Lipinski definition) is 5. The Bertz CT molecular complexity index is 706. The quantitative estimate of drug-likeness (QED) is 0.915. The van der Waals surface area contributed by atoms with Crippen molar-refractivity contribution in [2.45, 2.75) is 26.2 Å². The third-order valence-electron chi connectivity index (χ3n) is 4.16. The summed E-state index contributed by atoms with van der Waals surface area (Å²) in [4.78, 5) is 27.3. The molecule has 2 aromatic rings. The average Bonchev–Trinajstić information content (AvgIpc) is 2.55. The topological polar surface area (TPSA) is 65.1 Å². The minimum atomic E-state index is -0.0666. The molecule has 2 aromatic heterocycles. The molecule has 0 aliphatic carbocycles. The van der Waals surface area contributed by atoms with Gasteiger partial charge in [0.1, 0.15) is 12.1 Å². The summed E-state index contributed by atoms with van der Waals surface area (Å²) >= 11 is 0. The van der Waals surface area contributed by atoms with Crippen LogP contribution in [0.1, 0.15) is 26.5 Å². The molecular weight excluding hydrogens is 290 g/mol. The Labute approximate surface area is 136 Å². The van der Waals surface area contributed by atoms with Crippen LogP contribution in [0.2, 0.25) is 0 Å². The molecular formula is C17H23N5O. The fourth-order valence-corrected chi connectivity index (χ4v) is 2.72. The first kappa shape index (κ1) is 15.5. The minimum absolute atomic E-state index is 0.0232. The van der Waals surface area contributed by atoms with Gasteiger partial charge in [-0.25, -0.2) is 9.97 Å². The Balaban J connectivity index is 1.69. The summed E-state index contributed by atoms with van der Waals surface area (Å²) in [6.07, 6.45) is 3.44. The van der Waals surface area contributed by atoms with Crippen molar-refractivity contribution in [2.75, 3.05) is 36.0 Å². The van der Waals surface area contributed by atoms with E-state index in [1.165, 1.54) is 0 Å². The number of aromatic amines is 1. The lowest BCUT2D eigenvalue weighted by Crippen LogP contribution is -2.47. The number of hydrogen-bond donors (Lipinski definition) is 1. The summed E-state index contributed by atoms with van der Waals surface area (Å²) in [5, 5.41) is 0. The van der Waals surface area contributed by atoms with E-state index in [0.29, 0.717) is 0 Å². The maximum absolute atomic E-state index is 11.2. The molecule has 0 unspecified atom stereocenters. The molecule has 1 fully saturated rings. The van der Waals surface area contributed by atoms with Gasteiger partial charge in [0.15, 0.2) is 0 Å². The predicted octanol–water partition coefficient (Wildman–Crippen LogP) is 1.79. The highest BCUT2D eigenvalue weighted by atomic mass is 16.1. The largest absolute Gasteiger partial charge is 0.367 e. The second kappa shape index (κ2) is 6.02. The highest BCUT2D eigenvalue weighted by Crippen LogP contribution is 2.24. The second-order valence-electron chi connectivity index (χ2n) is 6.90. The summed E-state index contributed by atoms with van der Waals surface area (Å²) in [6, 6.07) is 5.54. The third kappa shape index (κ3) is 3.52. The second-order valence-corrected chi connectivity index (χ2v) is 6.90. The van der Waals surface area contributed by atoms with Crippen LogP contribution in [0.5, 0.6) is 0 Å². The Morgan fingerprint density at radius 1 is 1.04 bits per heavy atom. The Morgan fingerprint density at radius 3 is 2.35 bits per heavy atom. The zero-order valence-electron chi connectivity index (χ0n) is 13.9. The number of rotatable bonds is 2. The van der Waals surface area contributed by atoms with Crippen LogP contribution in [0.4, 0.5) is 11.5 Å². The fraction of sp³-hybridized carbons (Fsp3) is 0.471. The van der Waals surface area contributed by atoms with Crippen molar-refractivity contribution >= 4 is 11.5 Å². The minimum Gasteiger partial charge on any atom is -0.367 e. The van der Waals surface area contributed by atoms with Crippen LogP contribution in [-0.2, 0) is 5.41 Å². The van der Waals surface area contributed by atoms with Crippen molar-refractivity contribution < 1.29 is 0 Å². The number of nitrogens with one attached hydrogen (secondary N) is 1. The van der Waals surface area contributed by atoms with Crippen LogP contribution >= 0.6 is 0 Å². The summed E-state index contributed by atoms with van der Waals surface area (Å²) in [7, 11) is 0. The summed E-state index contributed by atoms with van der Waals surface area (Å²) < 4.78 is 0. The van der Waals surface area contributed by atoms with Gasteiger partial charge >= 0.3 is 0 Å². The first-order valence-electron chi connectivity index (χ1n) is 7.95. The summed E-state index contributed by atoms with van der Waals surface area (Å²) in [6.45, 7) is 10.1. The van der Waals surface area contributed by atoms with Gasteiger partial charge in [0, 0.05) is 49.9 Å². The zero-order valence-corrected chi connectivity index (χ0v) is 13.9. The number of pyridine rings is 1. The van der Waals surface area contributed by atoms with Crippen LogP contribution in [-0.4, -0.2) is 41.1 Å². The van der Waals surface area contributed by atoms with Crippen LogP contribution in [0.3, 0.4) is 0 Å². The van der Waals surface area contributed by atoms with Crippen molar-refractivity contribution in [2.24, 2.45) is 0 Å². The average molecular weight is 313 g/mol. The Kier molecular flexibility index (Phi) is 4.07. The number of H-pyrrole nitrogens is 1. The molecule has 0 bridgehead atoms. The SMILES string of the molecule is CC(C)(C)c1cc(N2CCN(c3ccc(=O)[nH]c3)CC2)ncn1. The lowest BCUT2D eigenvalue weighted by molar-refractivity contribution is 0.564. The molecule has 1 aliphatic heterocycles. The fourth-order valence-electron chi connectivity index (χ4n) is 2.72. The molecule has 0 amide bonds. The molecule has 6 heteroatoms. The van der Waals surface area contributed by atoms with Crippen LogP contribution in [0.25, 0.3) is 0 Å². The van der Waals surface area contributed by atoms with Crippen molar-refractivity contribution in [3.05, 3.63) is 46.8 Å². The maximum Gasteiger partial charge on any atom is 0.248 e. The lowest BCUT2D eigenvalue weighted by Gasteiger charge is -2.36. The molecule has 1 N–H and O–H groups in total. The van der Waals surface area contributed by atoms with Gasteiger partial charge in [-0.15, -0.1) is 0 Å².